The molecule has 1 aromatic carbocycles. The molecular weight excluding hydrogens is 410 g/mol. The SMILES string of the molecule is O=C(Nc1cccc(S(=O)(=O)N2CCOCC2)c1)[C@@H]1CCCN1C(=O)c1ccco1. The van der Waals surface area contributed by atoms with E-state index in [-0.39, 0.29) is 22.5 Å². The first-order valence-corrected chi connectivity index (χ1v) is 11.2. The van der Waals surface area contributed by atoms with Crippen molar-refractivity contribution in [2.45, 2.75) is 23.8 Å². The molecule has 1 atom stereocenters. The minimum absolute atomic E-state index is 0.108. The fraction of sp³-hybridized carbons (Fsp3) is 0.400. The van der Waals surface area contributed by atoms with E-state index in [9.17, 15) is 18.0 Å². The molecule has 30 heavy (non-hydrogen) atoms. The molecule has 3 heterocycles. The highest BCUT2D eigenvalue weighted by Gasteiger charge is 2.35. The van der Waals surface area contributed by atoms with Crippen LogP contribution in [0.25, 0.3) is 0 Å². The van der Waals surface area contributed by atoms with Crippen LogP contribution in [0.1, 0.15) is 23.4 Å². The van der Waals surface area contributed by atoms with E-state index in [4.69, 9.17) is 9.15 Å². The maximum Gasteiger partial charge on any atom is 0.290 e. The van der Waals surface area contributed by atoms with Crippen molar-refractivity contribution in [2.24, 2.45) is 0 Å². The van der Waals surface area contributed by atoms with Crippen LogP contribution in [0.15, 0.2) is 52.0 Å². The number of nitrogens with one attached hydrogen (secondary N) is 1. The van der Waals surface area contributed by atoms with Gasteiger partial charge in [-0.05, 0) is 43.2 Å². The lowest BCUT2D eigenvalue weighted by molar-refractivity contribution is -0.119. The van der Waals surface area contributed by atoms with Gasteiger partial charge in [-0.15, -0.1) is 0 Å². The highest BCUT2D eigenvalue weighted by atomic mass is 32.2. The van der Waals surface area contributed by atoms with Crippen molar-refractivity contribution in [3.63, 3.8) is 0 Å². The van der Waals surface area contributed by atoms with Gasteiger partial charge in [0.1, 0.15) is 6.04 Å². The van der Waals surface area contributed by atoms with E-state index in [0.29, 0.717) is 51.4 Å². The molecule has 2 aliphatic rings. The average Bonchev–Trinajstić information content (AvgIpc) is 3.46. The monoisotopic (exact) mass is 433 g/mol. The molecule has 4 rings (SSSR count). The molecule has 1 aromatic heterocycles. The second-order valence-electron chi connectivity index (χ2n) is 7.17. The summed E-state index contributed by atoms with van der Waals surface area (Å²) in [4.78, 5) is 27.0. The normalized spacial score (nSPS) is 20.3. The quantitative estimate of drug-likeness (QED) is 0.766. The molecule has 9 nitrogen and oxygen atoms in total. The van der Waals surface area contributed by atoms with E-state index >= 15 is 0 Å². The van der Waals surface area contributed by atoms with E-state index in [1.54, 1.807) is 24.3 Å². The van der Waals surface area contributed by atoms with Gasteiger partial charge in [-0.25, -0.2) is 8.42 Å². The molecule has 0 unspecified atom stereocenters. The van der Waals surface area contributed by atoms with Gasteiger partial charge in [-0.3, -0.25) is 9.59 Å². The molecule has 2 saturated heterocycles. The molecule has 2 amide bonds. The van der Waals surface area contributed by atoms with Gasteiger partial charge in [0.2, 0.25) is 15.9 Å². The van der Waals surface area contributed by atoms with Crippen LogP contribution in [0, 0.1) is 0 Å². The molecule has 1 N–H and O–H groups in total. The number of likely N-dealkylation sites (tertiary alicyclic amines) is 1. The summed E-state index contributed by atoms with van der Waals surface area (Å²) in [5.41, 5.74) is 0.367. The summed E-state index contributed by atoms with van der Waals surface area (Å²) >= 11 is 0. The lowest BCUT2D eigenvalue weighted by Crippen LogP contribution is -2.43. The summed E-state index contributed by atoms with van der Waals surface area (Å²) in [5.74, 6) is -0.497. The maximum absolute atomic E-state index is 12.8. The molecule has 2 aliphatic heterocycles. The summed E-state index contributed by atoms with van der Waals surface area (Å²) in [6, 6.07) is 8.71. The highest BCUT2D eigenvalue weighted by Crippen LogP contribution is 2.24. The van der Waals surface area contributed by atoms with Gasteiger partial charge >= 0.3 is 0 Å². The Labute approximate surface area is 174 Å². The molecule has 2 aromatic rings. The Balaban J connectivity index is 1.48. The summed E-state index contributed by atoms with van der Waals surface area (Å²) in [5, 5.41) is 2.76. The Morgan fingerprint density at radius 2 is 1.87 bits per heavy atom. The lowest BCUT2D eigenvalue weighted by atomic mass is 10.2. The number of carbonyl (C=O) groups is 2. The van der Waals surface area contributed by atoms with Crippen molar-refractivity contribution in [1.82, 2.24) is 9.21 Å². The molecule has 0 spiro atoms. The molecule has 2 fully saturated rings. The van der Waals surface area contributed by atoms with Crippen molar-refractivity contribution < 1.29 is 27.2 Å². The Bertz CT molecular complexity index is 1010. The van der Waals surface area contributed by atoms with E-state index in [1.165, 1.54) is 27.6 Å². The van der Waals surface area contributed by atoms with Crippen molar-refractivity contribution in [3.05, 3.63) is 48.4 Å². The van der Waals surface area contributed by atoms with Gasteiger partial charge in [-0.1, -0.05) is 6.07 Å². The van der Waals surface area contributed by atoms with Gasteiger partial charge in [-0.2, -0.15) is 4.31 Å². The van der Waals surface area contributed by atoms with Crippen LogP contribution in [0.5, 0.6) is 0 Å². The second kappa shape index (κ2) is 8.58. The number of carbonyl (C=O) groups excluding carboxylic acids is 2. The largest absolute Gasteiger partial charge is 0.459 e. The topological polar surface area (TPSA) is 109 Å². The predicted molar refractivity (Wildman–Crippen MR) is 107 cm³/mol. The number of amides is 2. The van der Waals surface area contributed by atoms with Crippen LogP contribution in [-0.4, -0.2) is 68.3 Å². The predicted octanol–water partition coefficient (Wildman–Crippen LogP) is 1.54. The molecule has 0 aliphatic carbocycles. The zero-order valence-corrected chi connectivity index (χ0v) is 17.1. The standard InChI is InChI=1S/C20H23N3O6S/c24-19(17-6-2-8-23(17)20(25)18-7-3-11-29-18)21-15-4-1-5-16(14-15)30(26,27)22-9-12-28-13-10-22/h1,3-5,7,11,14,17H,2,6,8-10,12-13H2,(H,21,24)/t17-/m0/s1. The third-order valence-corrected chi connectivity index (χ3v) is 7.15. The van der Waals surface area contributed by atoms with Crippen molar-refractivity contribution >= 4 is 27.5 Å². The first kappa shape index (κ1) is 20.6. The van der Waals surface area contributed by atoms with Crippen LogP contribution in [0.3, 0.4) is 0 Å². The molecule has 0 radical (unpaired) electrons. The smallest absolute Gasteiger partial charge is 0.290 e. The first-order chi connectivity index (χ1) is 14.5. The van der Waals surface area contributed by atoms with Crippen LogP contribution in [0.2, 0.25) is 0 Å². The maximum atomic E-state index is 12.8. The molecule has 160 valence electrons. The van der Waals surface area contributed by atoms with Crippen LogP contribution < -0.4 is 5.32 Å². The Morgan fingerprint density at radius 1 is 1.07 bits per heavy atom. The molecular formula is C20H23N3O6S. The van der Waals surface area contributed by atoms with Crippen LogP contribution in [0.4, 0.5) is 5.69 Å². The van der Waals surface area contributed by atoms with Crippen molar-refractivity contribution in [1.29, 1.82) is 0 Å². The number of hydrogen-bond acceptors (Lipinski definition) is 6. The lowest BCUT2D eigenvalue weighted by Gasteiger charge is -2.26. The number of nitrogens with zero attached hydrogens (tertiary/aromatic N) is 2. The van der Waals surface area contributed by atoms with E-state index < -0.39 is 16.1 Å². The fourth-order valence-electron chi connectivity index (χ4n) is 3.72. The van der Waals surface area contributed by atoms with Crippen LogP contribution >= 0.6 is 0 Å². The summed E-state index contributed by atoms with van der Waals surface area (Å²) in [6.45, 7) is 1.77. The fourth-order valence-corrected chi connectivity index (χ4v) is 5.17. The minimum Gasteiger partial charge on any atom is -0.459 e. The van der Waals surface area contributed by atoms with Crippen molar-refractivity contribution in [3.8, 4) is 0 Å². The number of hydrogen-bond donors (Lipinski definition) is 1. The number of anilines is 1. The third kappa shape index (κ3) is 4.11. The van der Waals surface area contributed by atoms with Gasteiger partial charge in [0.15, 0.2) is 5.76 Å². The van der Waals surface area contributed by atoms with Crippen molar-refractivity contribution in [2.75, 3.05) is 38.2 Å². The number of rotatable bonds is 5. The Hall–Kier alpha value is -2.69. The Kier molecular flexibility index (Phi) is 5.89. The van der Waals surface area contributed by atoms with Gasteiger partial charge in [0.25, 0.3) is 5.91 Å². The molecule has 0 bridgehead atoms. The number of ether oxygens (including phenoxy) is 1. The van der Waals surface area contributed by atoms with Crippen LogP contribution in [-0.2, 0) is 19.6 Å². The molecule has 10 heteroatoms. The second-order valence-corrected chi connectivity index (χ2v) is 9.11. The zero-order chi connectivity index (χ0) is 21.1. The first-order valence-electron chi connectivity index (χ1n) is 9.80. The third-order valence-electron chi connectivity index (χ3n) is 5.26. The summed E-state index contributed by atoms with van der Waals surface area (Å²) < 4.78 is 37.5. The number of benzene rings is 1. The van der Waals surface area contributed by atoms with Gasteiger partial charge < -0.3 is 19.4 Å². The van der Waals surface area contributed by atoms with Gasteiger partial charge in [0, 0.05) is 25.3 Å². The van der Waals surface area contributed by atoms with E-state index in [0.717, 1.165) is 0 Å². The molecule has 0 saturated carbocycles. The zero-order valence-electron chi connectivity index (χ0n) is 16.3. The Morgan fingerprint density at radius 3 is 2.60 bits per heavy atom. The summed E-state index contributed by atoms with van der Waals surface area (Å²) in [6.07, 6.45) is 2.65. The van der Waals surface area contributed by atoms with E-state index in [1.807, 2.05) is 0 Å². The number of morpholine rings is 1. The highest BCUT2D eigenvalue weighted by molar-refractivity contribution is 7.89. The minimum atomic E-state index is -3.67. The number of sulfonamides is 1. The summed E-state index contributed by atoms with van der Waals surface area (Å²) in [7, 11) is -3.67. The van der Waals surface area contributed by atoms with Gasteiger partial charge in [0.05, 0.1) is 24.4 Å². The average molecular weight is 433 g/mol. The number of furan rings is 1. The van der Waals surface area contributed by atoms with E-state index in [2.05, 4.69) is 5.32 Å².